The summed E-state index contributed by atoms with van der Waals surface area (Å²) < 4.78 is 10.0. The Morgan fingerprint density at radius 1 is 1.60 bits per heavy atom. The van der Waals surface area contributed by atoms with Crippen molar-refractivity contribution in [1.29, 1.82) is 0 Å². The molecule has 20 heavy (non-hydrogen) atoms. The Labute approximate surface area is 116 Å². The van der Waals surface area contributed by atoms with Crippen LogP contribution in [0.5, 0.6) is 5.88 Å². The molecule has 0 aliphatic carbocycles. The first-order valence-corrected chi connectivity index (χ1v) is 6.57. The molecule has 1 saturated heterocycles. The van der Waals surface area contributed by atoms with Gasteiger partial charge < -0.3 is 19.3 Å². The molecule has 0 radical (unpaired) electrons. The Morgan fingerprint density at radius 3 is 2.95 bits per heavy atom. The van der Waals surface area contributed by atoms with Gasteiger partial charge in [-0.1, -0.05) is 6.92 Å². The third-order valence-electron chi connectivity index (χ3n) is 3.46. The van der Waals surface area contributed by atoms with Gasteiger partial charge in [-0.3, -0.25) is 4.79 Å². The summed E-state index contributed by atoms with van der Waals surface area (Å²) in [5, 5.41) is 12.9. The van der Waals surface area contributed by atoms with Crippen molar-refractivity contribution in [2.75, 3.05) is 13.2 Å². The number of piperidine rings is 1. The van der Waals surface area contributed by atoms with Gasteiger partial charge in [0.1, 0.15) is 11.8 Å². The van der Waals surface area contributed by atoms with Crippen LogP contribution in [-0.4, -0.2) is 46.2 Å². The molecule has 2 heterocycles. The SMILES string of the molecule is Cc1cc(OCC(=O)N2CCCC(C)C2C(=O)O)no1. The van der Waals surface area contributed by atoms with E-state index in [9.17, 15) is 14.7 Å². The zero-order chi connectivity index (χ0) is 14.7. The van der Waals surface area contributed by atoms with Crippen molar-refractivity contribution in [2.24, 2.45) is 5.92 Å². The van der Waals surface area contributed by atoms with Gasteiger partial charge in [0.05, 0.1) is 0 Å². The van der Waals surface area contributed by atoms with E-state index in [2.05, 4.69) is 5.16 Å². The molecule has 1 aromatic heterocycles. The van der Waals surface area contributed by atoms with E-state index >= 15 is 0 Å². The molecule has 0 bridgehead atoms. The molecule has 2 rings (SSSR count). The number of amides is 1. The lowest BCUT2D eigenvalue weighted by atomic mass is 9.91. The van der Waals surface area contributed by atoms with Gasteiger partial charge in [0, 0.05) is 12.6 Å². The number of aryl methyl sites for hydroxylation is 1. The van der Waals surface area contributed by atoms with Crippen LogP contribution < -0.4 is 4.74 Å². The number of carboxylic acids is 1. The second-order valence-corrected chi connectivity index (χ2v) is 5.05. The van der Waals surface area contributed by atoms with Crippen molar-refractivity contribution < 1.29 is 24.0 Å². The molecule has 0 aromatic carbocycles. The number of nitrogens with zero attached hydrogens (tertiary/aromatic N) is 2. The Hall–Kier alpha value is -2.05. The largest absolute Gasteiger partial charge is 0.480 e. The lowest BCUT2D eigenvalue weighted by Gasteiger charge is -2.37. The quantitative estimate of drug-likeness (QED) is 0.888. The molecule has 0 spiro atoms. The third kappa shape index (κ3) is 3.09. The van der Waals surface area contributed by atoms with Gasteiger partial charge in [-0.25, -0.2) is 4.79 Å². The minimum Gasteiger partial charge on any atom is -0.480 e. The Kier molecular flexibility index (Phi) is 4.26. The summed E-state index contributed by atoms with van der Waals surface area (Å²) in [4.78, 5) is 24.8. The van der Waals surface area contributed by atoms with Crippen LogP contribution in [0, 0.1) is 12.8 Å². The standard InChI is InChI=1S/C13H18N2O5/c1-8-4-3-5-15(12(8)13(17)18)11(16)7-19-10-6-9(2)20-14-10/h6,8,12H,3-5,7H2,1-2H3,(H,17,18). The number of aliphatic carboxylic acids is 1. The van der Waals surface area contributed by atoms with Gasteiger partial charge in [0.15, 0.2) is 6.61 Å². The first-order chi connectivity index (χ1) is 9.49. The number of hydrogen-bond donors (Lipinski definition) is 1. The lowest BCUT2D eigenvalue weighted by Crippen LogP contribution is -2.53. The summed E-state index contributed by atoms with van der Waals surface area (Å²) in [7, 11) is 0. The molecule has 1 N–H and O–H groups in total. The maximum absolute atomic E-state index is 12.1. The normalized spacial score (nSPS) is 22.6. The van der Waals surface area contributed by atoms with Crippen molar-refractivity contribution in [3.05, 3.63) is 11.8 Å². The maximum atomic E-state index is 12.1. The summed E-state index contributed by atoms with van der Waals surface area (Å²) in [6.45, 7) is 3.78. The summed E-state index contributed by atoms with van der Waals surface area (Å²) in [5.41, 5.74) is 0. The van der Waals surface area contributed by atoms with Crippen molar-refractivity contribution in [3.8, 4) is 5.88 Å². The van der Waals surface area contributed by atoms with Crippen molar-refractivity contribution in [3.63, 3.8) is 0 Å². The molecule has 1 aliphatic rings. The number of carbonyl (C=O) groups is 2. The van der Waals surface area contributed by atoms with E-state index in [-0.39, 0.29) is 24.3 Å². The molecule has 2 atom stereocenters. The molecule has 1 aliphatic heterocycles. The molecule has 1 fully saturated rings. The Bertz CT molecular complexity index is 499. The van der Waals surface area contributed by atoms with Gasteiger partial charge in [-0.2, -0.15) is 0 Å². The minimum atomic E-state index is -0.970. The minimum absolute atomic E-state index is 0.0560. The lowest BCUT2D eigenvalue weighted by molar-refractivity contribution is -0.155. The van der Waals surface area contributed by atoms with Crippen LogP contribution in [0.2, 0.25) is 0 Å². The second kappa shape index (κ2) is 5.94. The van der Waals surface area contributed by atoms with Crippen LogP contribution in [0.1, 0.15) is 25.5 Å². The van der Waals surface area contributed by atoms with Gasteiger partial charge in [-0.05, 0) is 30.8 Å². The van der Waals surface area contributed by atoms with Gasteiger partial charge in [0.2, 0.25) is 0 Å². The highest BCUT2D eigenvalue weighted by Crippen LogP contribution is 2.23. The topological polar surface area (TPSA) is 92.9 Å². The van der Waals surface area contributed by atoms with E-state index in [0.717, 1.165) is 12.8 Å². The van der Waals surface area contributed by atoms with E-state index in [1.807, 2.05) is 6.92 Å². The van der Waals surface area contributed by atoms with Crippen molar-refractivity contribution >= 4 is 11.9 Å². The Balaban J connectivity index is 1.97. The summed E-state index contributed by atoms with van der Waals surface area (Å²) in [5.74, 6) is -0.554. The van der Waals surface area contributed by atoms with Crippen LogP contribution in [-0.2, 0) is 9.59 Å². The van der Waals surface area contributed by atoms with Gasteiger partial charge >= 0.3 is 5.97 Å². The zero-order valence-electron chi connectivity index (χ0n) is 11.5. The highest BCUT2D eigenvalue weighted by atomic mass is 16.5. The van der Waals surface area contributed by atoms with Crippen LogP contribution in [0.25, 0.3) is 0 Å². The molecule has 7 heteroatoms. The highest BCUT2D eigenvalue weighted by molar-refractivity contribution is 5.85. The number of carbonyl (C=O) groups excluding carboxylic acids is 1. The molecular weight excluding hydrogens is 264 g/mol. The van der Waals surface area contributed by atoms with Crippen LogP contribution >= 0.6 is 0 Å². The first kappa shape index (κ1) is 14.4. The fourth-order valence-electron chi connectivity index (χ4n) is 2.47. The van der Waals surface area contributed by atoms with E-state index in [1.54, 1.807) is 13.0 Å². The number of rotatable bonds is 4. The number of likely N-dealkylation sites (tertiary alicyclic amines) is 1. The summed E-state index contributed by atoms with van der Waals surface area (Å²) in [6.07, 6.45) is 1.61. The number of hydrogen-bond acceptors (Lipinski definition) is 5. The van der Waals surface area contributed by atoms with Gasteiger partial charge in [-0.15, -0.1) is 0 Å². The molecule has 7 nitrogen and oxygen atoms in total. The number of ether oxygens (including phenoxy) is 1. The Morgan fingerprint density at radius 2 is 2.35 bits per heavy atom. The fourth-order valence-corrected chi connectivity index (χ4v) is 2.47. The van der Waals surface area contributed by atoms with Crippen molar-refractivity contribution in [2.45, 2.75) is 32.7 Å². The smallest absolute Gasteiger partial charge is 0.326 e. The third-order valence-corrected chi connectivity index (χ3v) is 3.46. The molecule has 110 valence electrons. The number of carboxylic acid groups (broad SMARTS) is 1. The highest BCUT2D eigenvalue weighted by Gasteiger charge is 2.37. The van der Waals surface area contributed by atoms with Crippen molar-refractivity contribution in [1.82, 2.24) is 10.1 Å². The molecule has 1 aromatic rings. The number of aromatic nitrogens is 1. The van der Waals surface area contributed by atoms with E-state index < -0.39 is 12.0 Å². The van der Waals surface area contributed by atoms with Crippen LogP contribution in [0.4, 0.5) is 0 Å². The average molecular weight is 282 g/mol. The zero-order valence-corrected chi connectivity index (χ0v) is 11.5. The average Bonchev–Trinajstić information content (AvgIpc) is 2.81. The van der Waals surface area contributed by atoms with E-state index in [0.29, 0.717) is 12.3 Å². The fraction of sp³-hybridized carbons (Fsp3) is 0.615. The summed E-state index contributed by atoms with van der Waals surface area (Å²) >= 11 is 0. The molecular formula is C13H18N2O5. The predicted octanol–water partition coefficient (Wildman–Crippen LogP) is 1.07. The first-order valence-electron chi connectivity index (χ1n) is 6.57. The monoisotopic (exact) mass is 282 g/mol. The second-order valence-electron chi connectivity index (χ2n) is 5.05. The van der Waals surface area contributed by atoms with Crippen LogP contribution in [0.15, 0.2) is 10.6 Å². The molecule has 0 saturated carbocycles. The van der Waals surface area contributed by atoms with E-state index in [4.69, 9.17) is 9.26 Å². The predicted molar refractivity (Wildman–Crippen MR) is 68.3 cm³/mol. The van der Waals surface area contributed by atoms with Gasteiger partial charge in [0.25, 0.3) is 11.8 Å². The molecule has 2 unspecified atom stereocenters. The van der Waals surface area contributed by atoms with Crippen LogP contribution in [0.3, 0.4) is 0 Å². The molecule has 1 amide bonds. The van der Waals surface area contributed by atoms with E-state index in [1.165, 1.54) is 4.90 Å². The summed E-state index contributed by atoms with van der Waals surface area (Å²) in [6, 6.07) is 0.791. The maximum Gasteiger partial charge on any atom is 0.326 e.